The van der Waals surface area contributed by atoms with Crippen LogP contribution in [0.4, 0.5) is 49.1 Å². The van der Waals surface area contributed by atoms with Crippen LogP contribution < -0.4 is 68.8 Å². The average Bonchev–Trinajstić information content (AvgIpc) is 1.08. The number of nitrogens with two attached hydrogens (primary N) is 12. The second kappa shape index (κ2) is 37.3. The normalized spacial score (nSPS) is 28.4. The van der Waals surface area contributed by atoms with Crippen LogP contribution in [0, 0.1) is 53.8 Å². The van der Waals surface area contributed by atoms with Gasteiger partial charge in [0.2, 0.25) is 0 Å². The van der Waals surface area contributed by atoms with E-state index in [9.17, 15) is 26.3 Å². The van der Waals surface area contributed by atoms with Crippen molar-refractivity contribution >= 4 is 69.2 Å². The summed E-state index contributed by atoms with van der Waals surface area (Å²) in [7, 11) is 0. The van der Waals surface area contributed by atoms with E-state index in [1.807, 2.05) is 6.92 Å². The molecule has 0 saturated heterocycles. The van der Waals surface area contributed by atoms with E-state index in [1.165, 1.54) is 103 Å². The number of nitrogen functional groups attached to an aromatic ring is 4. The van der Waals surface area contributed by atoms with Gasteiger partial charge in [0.05, 0.1) is 42.4 Å². The molecule has 520 valence electrons. The Kier molecular flexibility index (Phi) is 32.1. The van der Waals surface area contributed by atoms with Gasteiger partial charge >= 0.3 is 12.4 Å². The predicted molar refractivity (Wildman–Crippen MR) is 377 cm³/mol. The second-order valence-corrected chi connectivity index (χ2v) is 29.3. The Labute approximate surface area is 565 Å². The highest BCUT2D eigenvalue weighted by atomic mass is 35.5. The van der Waals surface area contributed by atoms with Crippen molar-refractivity contribution < 1.29 is 26.3 Å². The summed E-state index contributed by atoms with van der Waals surface area (Å²) in [6, 6.07) is 17.1. The van der Waals surface area contributed by atoms with E-state index in [2.05, 4.69) is 0 Å². The van der Waals surface area contributed by atoms with Crippen LogP contribution in [0.2, 0.25) is 20.1 Å². The summed E-state index contributed by atoms with van der Waals surface area (Å²) in [5, 5.41) is 1.69. The van der Waals surface area contributed by atoms with Crippen LogP contribution in [0.5, 0.6) is 0 Å². The Balaban J connectivity index is 0.000000203. The van der Waals surface area contributed by atoms with Gasteiger partial charge in [0.1, 0.15) is 0 Å². The van der Waals surface area contributed by atoms with Gasteiger partial charge in [0.15, 0.2) is 0 Å². The molecular formula is C70H110Cl4F6N12. The van der Waals surface area contributed by atoms with Crippen LogP contribution in [-0.2, 0) is 6.18 Å². The average molecular weight is 1380 g/mol. The summed E-state index contributed by atoms with van der Waals surface area (Å²) in [6.45, 7) is 6.78. The van der Waals surface area contributed by atoms with E-state index in [0.717, 1.165) is 100 Å². The van der Waals surface area contributed by atoms with Crippen LogP contribution in [0.3, 0.4) is 0 Å². The maximum atomic E-state index is 13.8. The summed E-state index contributed by atoms with van der Waals surface area (Å²) < 4.78 is 80.5. The van der Waals surface area contributed by atoms with Crippen molar-refractivity contribution in [1.29, 1.82) is 0 Å². The smallest absolute Gasteiger partial charge is 0.399 e. The first-order chi connectivity index (χ1) is 43.3. The number of alkyl halides is 6. The molecule has 0 heterocycles. The van der Waals surface area contributed by atoms with Crippen LogP contribution in [0.1, 0.15) is 185 Å². The maximum absolute atomic E-state index is 13.8. The molecule has 22 heteroatoms. The van der Waals surface area contributed by atoms with Crippen molar-refractivity contribution in [2.45, 2.75) is 230 Å². The van der Waals surface area contributed by atoms with Crippen molar-refractivity contribution in [3.63, 3.8) is 0 Å². The zero-order chi connectivity index (χ0) is 68.3. The Morgan fingerprint density at radius 1 is 0.435 bits per heavy atom. The fourth-order valence-electron chi connectivity index (χ4n) is 14.9. The van der Waals surface area contributed by atoms with Crippen LogP contribution in [0.25, 0.3) is 22.3 Å². The lowest BCUT2D eigenvalue weighted by molar-refractivity contribution is -0.263. The summed E-state index contributed by atoms with van der Waals surface area (Å²) in [5.41, 5.74) is 69.4. The molecule has 7 aliphatic carbocycles. The molecule has 12 nitrogen and oxygen atoms in total. The van der Waals surface area contributed by atoms with Gasteiger partial charge in [0.25, 0.3) is 0 Å². The van der Waals surface area contributed by atoms with Gasteiger partial charge in [-0.05, 0) is 281 Å². The van der Waals surface area contributed by atoms with Gasteiger partial charge in [0, 0.05) is 58.8 Å². The zero-order valence-electron chi connectivity index (χ0n) is 54.6. The molecule has 92 heavy (non-hydrogen) atoms. The van der Waals surface area contributed by atoms with Gasteiger partial charge in [-0.3, -0.25) is 0 Å². The first kappa shape index (κ1) is 79.2. The van der Waals surface area contributed by atoms with Gasteiger partial charge in [-0.15, -0.1) is 0 Å². The molecule has 0 amide bonds. The Morgan fingerprint density at radius 3 is 1.11 bits per heavy atom. The number of halogens is 10. The molecule has 7 saturated carbocycles. The molecule has 4 aromatic rings. The quantitative estimate of drug-likeness (QED) is 0.0607. The van der Waals surface area contributed by atoms with Gasteiger partial charge in [-0.1, -0.05) is 78.8 Å². The predicted octanol–water partition coefficient (Wildman–Crippen LogP) is 16.5. The number of anilines is 4. The maximum Gasteiger partial charge on any atom is 0.417 e. The monoisotopic (exact) mass is 1370 g/mol. The molecule has 0 radical (unpaired) electrons. The first-order valence-electron chi connectivity index (χ1n) is 33.6. The number of fused-ring (bicyclic) bond motifs is 2. The summed E-state index contributed by atoms with van der Waals surface area (Å²) in [5.74, 6) is 4.41. The van der Waals surface area contributed by atoms with Crippen molar-refractivity contribution in [2.75, 3.05) is 36.0 Å². The molecule has 7 fully saturated rings. The summed E-state index contributed by atoms with van der Waals surface area (Å²) in [6.07, 6.45) is 19.2. The molecule has 7 aliphatic rings. The summed E-state index contributed by atoms with van der Waals surface area (Å²) >= 11 is 24.2. The lowest BCUT2D eigenvalue weighted by atomic mass is 9.58. The fourth-order valence-corrected chi connectivity index (χ4v) is 15.8. The van der Waals surface area contributed by atoms with Crippen molar-refractivity contribution in [2.24, 2.45) is 92.7 Å². The minimum atomic E-state index is -4.45. The standard InChI is InChI=1S/C15H27F3N2.C14H13F3N2.C13H26N2.C12H8Cl4N2.C8H15N.C6H14N2.C2H7N/c1-14(15(16,17)18,10-2-6-12(19)7-3-10)11-4-8-13(20)9-5-11;1-8-6-9(18)2-4-11(8)12-5-3-10(19)7-13(12)14(15,16)17;14-12-5-1-10(2-6-12)9-11-3-7-13(15)8-4-11;13-7-3-11(17)9(15)1-5(7)6-2-10(16)12(18)4-8(6)14;9-5-8-4-6-1-2-7(8)3-6;7-5-1-2-6(8)4-3-5;1-2-3/h10-13H,2-9,19-20H2,1H3;2-7H,18-19H2,1H3;10-13H,1-9,14-15H2;1-4H,17-18H2;6-8H,1-5,9H2;5-6H,1-4,7-8H2;2-3H2,1H3. The number of hydrogen-bond donors (Lipinski definition) is 12. The third-order valence-electron chi connectivity index (χ3n) is 20.7. The third-order valence-corrected chi connectivity index (χ3v) is 21.9. The van der Waals surface area contributed by atoms with E-state index in [0.29, 0.717) is 109 Å². The van der Waals surface area contributed by atoms with E-state index < -0.39 is 23.3 Å². The minimum Gasteiger partial charge on any atom is -0.399 e. The molecule has 24 N–H and O–H groups in total. The van der Waals surface area contributed by atoms with Gasteiger partial charge in [-0.2, -0.15) is 26.3 Å². The summed E-state index contributed by atoms with van der Waals surface area (Å²) in [4.78, 5) is 0. The Bertz CT molecular complexity index is 2720. The molecule has 2 bridgehead atoms. The number of aryl methyl sites for hydroxylation is 1. The topological polar surface area (TPSA) is 312 Å². The van der Waals surface area contributed by atoms with Crippen LogP contribution in [0.15, 0.2) is 60.7 Å². The Hall–Kier alpha value is -3.50. The Morgan fingerprint density at radius 2 is 0.793 bits per heavy atom. The highest BCUT2D eigenvalue weighted by Crippen LogP contribution is 2.57. The van der Waals surface area contributed by atoms with Crippen molar-refractivity contribution in [3.8, 4) is 22.3 Å². The molecular weight excluding hydrogens is 1260 g/mol. The SMILES string of the molecule is CC(C1CCC(N)CC1)(C1CCC(N)CC1)C(F)(F)F.CCN.Cc1cc(N)ccc1-c1ccc(N)cc1C(F)(F)F.NC1CCC(CC2CCC(N)CC2)CC1.NC1CCC(N)CC1.NCC1CC2CCC1C2.Nc1cc(Cl)c(-c2cc(Cl)c(N)cc2Cl)cc1Cl. The second-order valence-electron chi connectivity index (χ2n) is 27.6. The molecule has 11 rings (SSSR count). The van der Waals surface area contributed by atoms with Crippen LogP contribution >= 0.6 is 46.4 Å². The largest absolute Gasteiger partial charge is 0.417 e. The number of hydrogen-bond acceptors (Lipinski definition) is 12. The third kappa shape index (κ3) is 23.9. The molecule has 0 spiro atoms. The molecule has 3 atom stereocenters. The highest BCUT2D eigenvalue weighted by molar-refractivity contribution is 6.40. The van der Waals surface area contributed by atoms with Gasteiger partial charge < -0.3 is 68.8 Å². The van der Waals surface area contributed by atoms with E-state index in [4.69, 9.17) is 115 Å². The first-order valence-corrected chi connectivity index (χ1v) is 35.1. The van der Waals surface area contributed by atoms with Crippen molar-refractivity contribution in [1.82, 2.24) is 0 Å². The van der Waals surface area contributed by atoms with E-state index in [1.54, 1.807) is 49.4 Å². The minimum absolute atomic E-state index is 0.0866. The van der Waals surface area contributed by atoms with Gasteiger partial charge in [-0.25, -0.2) is 0 Å². The van der Waals surface area contributed by atoms with E-state index in [-0.39, 0.29) is 35.2 Å². The molecule has 4 aromatic carbocycles. The zero-order valence-corrected chi connectivity index (χ0v) is 57.6. The molecule has 0 aliphatic heterocycles. The molecule has 3 unspecified atom stereocenters. The number of rotatable bonds is 7. The lowest BCUT2D eigenvalue weighted by Crippen LogP contribution is -2.51. The van der Waals surface area contributed by atoms with Crippen molar-refractivity contribution in [3.05, 3.63) is 91.9 Å². The molecule has 0 aromatic heterocycles. The highest BCUT2D eigenvalue weighted by Gasteiger charge is 2.59. The van der Waals surface area contributed by atoms with Crippen LogP contribution in [-0.4, -0.2) is 55.5 Å². The lowest BCUT2D eigenvalue weighted by Gasteiger charge is -2.49. The van der Waals surface area contributed by atoms with E-state index >= 15 is 0 Å². The fraction of sp³-hybridized carbons (Fsp3) is 0.657. The number of benzene rings is 4.